The lowest BCUT2D eigenvalue weighted by Crippen LogP contribution is -2.56. The average molecular weight is 435 g/mol. The number of rotatable bonds is 4. The van der Waals surface area contributed by atoms with Crippen LogP contribution in [0.5, 0.6) is 0 Å². The van der Waals surface area contributed by atoms with Crippen molar-refractivity contribution in [2.45, 2.75) is 78.1 Å². The Labute approximate surface area is 185 Å². The Morgan fingerprint density at radius 1 is 1.23 bits per heavy atom. The molecule has 0 spiro atoms. The summed E-state index contributed by atoms with van der Waals surface area (Å²) in [7, 11) is 0. The Bertz CT molecular complexity index is 755. The summed E-state index contributed by atoms with van der Waals surface area (Å²) in [6.07, 6.45) is 9.47. The molecule has 6 unspecified atom stereocenters. The third-order valence-electron chi connectivity index (χ3n) is 8.58. The van der Waals surface area contributed by atoms with Gasteiger partial charge < -0.3 is 20.4 Å². The van der Waals surface area contributed by atoms with E-state index in [2.05, 4.69) is 13.8 Å². The normalized spacial score (nSPS) is 41.0. The fraction of sp³-hybridized carbons (Fsp3) is 0.760. The third-order valence-corrected chi connectivity index (χ3v) is 8.58. The summed E-state index contributed by atoms with van der Waals surface area (Å²) in [5, 5.41) is 36.7. The van der Waals surface area contributed by atoms with Crippen molar-refractivity contribution in [2.75, 3.05) is 6.61 Å². The van der Waals surface area contributed by atoms with E-state index in [4.69, 9.17) is 10.2 Å². The Morgan fingerprint density at radius 3 is 2.52 bits per heavy atom. The van der Waals surface area contributed by atoms with Crippen molar-refractivity contribution in [3.63, 3.8) is 0 Å². The molecule has 174 valence electrons. The monoisotopic (exact) mass is 434 g/mol. The van der Waals surface area contributed by atoms with Gasteiger partial charge in [0.25, 0.3) is 0 Å². The molecular formula is C25H38O6. The van der Waals surface area contributed by atoms with E-state index in [9.17, 15) is 19.8 Å². The zero-order chi connectivity index (χ0) is 23.0. The minimum absolute atomic E-state index is 0.0514. The fourth-order valence-corrected chi connectivity index (χ4v) is 7.22. The lowest BCUT2D eigenvalue weighted by atomic mass is 9.46. The van der Waals surface area contributed by atoms with Gasteiger partial charge in [-0.15, -0.1) is 0 Å². The van der Waals surface area contributed by atoms with Crippen LogP contribution in [0.1, 0.15) is 65.7 Å². The second kappa shape index (κ2) is 9.26. The molecule has 0 amide bonds. The van der Waals surface area contributed by atoms with Crippen LogP contribution in [0.15, 0.2) is 23.8 Å². The van der Waals surface area contributed by atoms with Gasteiger partial charge in [0.05, 0.1) is 6.10 Å². The number of fused-ring (bicyclic) bond motifs is 5. The Morgan fingerprint density at radius 2 is 1.94 bits per heavy atom. The zero-order valence-corrected chi connectivity index (χ0v) is 19.0. The topological polar surface area (TPSA) is 115 Å². The van der Waals surface area contributed by atoms with Crippen molar-refractivity contribution >= 4 is 11.6 Å². The maximum Gasteiger partial charge on any atom is 0.178 e. The molecule has 3 fully saturated rings. The number of Topliss-reactive ketones (excluding diaryl/α,β-unsaturated/α-hetero) is 1. The van der Waals surface area contributed by atoms with Crippen LogP contribution in [0.3, 0.4) is 0 Å². The molecule has 0 radical (unpaired) electrons. The van der Waals surface area contributed by atoms with Gasteiger partial charge in [-0.2, -0.15) is 0 Å². The molecule has 4 rings (SSSR count). The maximum absolute atomic E-state index is 12.3. The first-order valence-electron chi connectivity index (χ1n) is 11.7. The van der Waals surface area contributed by atoms with Crippen molar-refractivity contribution in [1.29, 1.82) is 0 Å². The van der Waals surface area contributed by atoms with E-state index < -0.39 is 19.0 Å². The first-order chi connectivity index (χ1) is 14.6. The highest BCUT2D eigenvalue weighted by Gasteiger charge is 2.62. The quantitative estimate of drug-likeness (QED) is 0.506. The summed E-state index contributed by atoms with van der Waals surface area (Å²) in [6.45, 7) is 5.82. The van der Waals surface area contributed by atoms with E-state index in [1.54, 1.807) is 12.2 Å². The van der Waals surface area contributed by atoms with E-state index in [0.29, 0.717) is 24.7 Å². The van der Waals surface area contributed by atoms with Gasteiger partial charge in [-0.1, -0.05) is 38.8 Å². The van der Waals surface area contributed by atoms with Crippen LogP contribution in [0.2, 0.25) is 0 Å². The molecule has 0 aromatic carbocycles. The molecule has 4 aliphatic carbocycles. The van der Waals surface area contributed by atoms with Crippen LogP contribution in [-0.2, 0) is 9.59 Å². The van der Waals surface area contributed by atoms with Crippen LogP contribution in [0.4, 0.5) is 0 Å². The summed E-state index contributed by atoms with van der Waals surface area (Å²) in [5.41, 5.74) is 0.688. The van der Waals surface area contributed by atoms with E-state index in [1.165, 1.54) is 0 Å². The fourth-order valence-electron chi connectivity index (χ4n) is 7.22. The first kappa shape index (κ1) is 24.3. The van der Waals surface area contributed by atoms with Gasteiger partial charge in [0.2, 0.25) is 0 Å². The van der Waals surface area contributed by atoms with Gasteiger partial charge in [0.1, 0.15) is 6.61 Å². The molecule has 0 aromatic rings. The highest BCUT2D eigenvalue weighted by molar-refractivity contribution is 6.01. The van der Waals surface area contributed by atoms with E-state index in [1.807, 2.05) is 13.0 Å². The molecule has 0 bridgehead atoms. The molecule has 0 aliphatic heterocycles. The van der Waals surface area contributed by atoms with E-state index in [-0.39, 0.29) is 34.2 Å². The van der Waals surface area contributed by atoms with Crippen molar-refractivity contribution in [3.8, 4) is 0 Å². The van der Waals surface area contributed by atoms with Crippen LogP contribution in [0.25, 0.3) is 0 Å². The second-order valence-electron chi connectivity index (χ2n) is 10.3. The molecule has 4 aliphatic rings. The van der Waals surface area contributed by atoms with Gasteiger partial charge >= 0.3 is 0 Å². The van der Waals surface area contributed by atoms with Gasteiger partial charge in [0.15, 0.2) is 17.9 Å². The summed E-state index contributed by atoms with van der Waals surface area (Å²) < 4.78 is 0. The molecule has 0 heterocycles. The maximum atomic E-state index is 12.3. The predicted octanol–water partition coefficient (Wildman–Crippen LogP) is 2.54. The van der Waals surface area contributed by atoms with Gasteiger partial charge in [-0.25, -0.2) is 0 Å². The number of aliphatic hydroxyl groups excluding tert-OH is 3. The molecule has 31 heavy (non-hydrogen) atoms. The molecular weight excluding hydrogens is 396 g/mol. The highest BCUT2D eigenvalue weighted by atomic mass is 16.5. The summed E-state index contributed by atoms with van der Waals surface area (Å²) in [6, 6.07) is 0. The molecule has 4 N–H and O–H groups in total. The van der Waals surface area contributed by atoms with Crippen molar-refractivity contribution in [3.05, 3.63) is 23.8 Å². The Kier molecular flexibility index (Phi) is 7.26. The van der Waals surface area contributed by atoms with Crippen LogP contribution in [0, 0.1) is 34.5 Å². The SMILES string of the molecule is CC12C=CC(=O)C=C1CCC1C2C(O)CC2(C)C(C(=O)CO)CC[C@@H]12.CCCC(O)O. The average Bonchev–Trinajstić information content (AvgIpc) is 3.04. The Hall–Kier alpha value is -1.34. The lowest BCUT2D eigenvalue weighted by molar-refractivity contribution is -0.141. The van der Waals surface area contributed by atoms with Crippen molar-refractivity contribution in [2.24, 2.45) is 34.5 Å². The number of ketones is 2. The molecule has 3 saturated carbocycles. The standard InChI is InChI=1S/C21H28O4.C4H10O2/c1-20-8-7-13(23)9-12(20)3-4-14-15-5-6-16(18(25)11-22)21(15,2)10-17(24)19(14)20;1-2-3-4(5)6/h7-9,14-17,19,22,24H,3-6,10-11H2,1-2H3;4-6H,2-3H2,1H3/t14?,15-,16?,17?,19?,20?,21?;/m0./s1. The summed E-state index contributed by atoms with van der Waals surface area (Å²) in [5.74, 6) is 0.734. The predicted molar refractivity (Wildman–Crippen MR) is 117 cm³/mol. The minimum atomic E-state index is -1.10. The molecule has 6 nitrogen and oxygen atoms in total. The van der Waals surface area contributed by atoms with Crippen LogP contribution < -0.4 is 0 Å². The van der Waals surface area contributed by atoms with E-state index in [0.717, 1.165) is 37.7 Å². The molecule has 6 heteroatoms. The number of hydrogen-bond acceptors (Lipinski definition) is 6. The number of allylic oxidation sites excluding steroid dienone is 4. The Balaban J connectivity index is 0.000000401. The zero-order valence-electron chi connectivity index (χ0n) is 19.0. The molecule has 7 atom stereocenters. The third kappa shape index (κ3) is 4.32. The first-order valence-corrected chi connectivity index (χ1v) is 11.7. The van der Waals surface area contributed by atoms with Crippen LogP contribution >= 0.6 is 0 Å². The number of hydrogen-bond donors (Lipinski definition) is 4. The van der Waals surface area contributed by atoms with Gasteiger partial charge in [-0.05, 0) is 67.9 Å². The van der Waals surface area contributed by atoms with Crippen LogP contribution in [-0.4, -0.2) is 51.0 Å². The largest absolute Gasteiger partial charge is 0.393 e. The highest BCUT2D eigenvalue weighted by Crippen LogP contribution is 2.66. The van der Waals surface area contributed by atoms with Gasteiger partial charge in [-0.3, -0.25) is 9.59 Å². The second-order valence-corrected chi connectivity index (χ2v) is 10.3. The minimum Gasteiger partial charge on any atom is -0.393 e. The summed E-state index contributed by atoms with van der Waals surface area (Å²) >= 11 is 0. The number of aliphatic hydroxyl groups is 4. The molecule has 0 aromatic heterocycles. The lowest BCUT2D eigenvalue weighted by Gasteiger charge is -2.58. The van der Waals surface area contributed by atoms with Crippen molar-refractivity contribution in [1.82, 2.24) is 0 Å². The number of carbonyl (C=O) groups excluding carboxylic acids is 2. The smallest absolute Gasteiger partial charge is 0.178 e. The molecule has 0 saturated heterocycles. The van der Waals surface area contributed by atoms with Crippen molar-refractivity contribution < 1.29 is 30.0 Å². The summed E-state index contributed by atoms with van der Waals surface area (Å²) in [4.78, 5) is 24.1. The number of carbonyl (C=O) groups is 2. The van der Waals surface area contributed by atoms with Gasteiger partial charge in [0, 0.05) is 17.3 Å². The van der Waals surface area contributed by atoms with E-state index >= 15 is 0 Å².